The summed E-state index contributed by atoms with van der Waals surface area (Å²) in [6, 6.07) is 17.9. The van der Waals surface area contributed by atoms with Gasteiger partial charge < -0.3 is 14.8 Å². The number of nitrogens with one attached hydrogen (secondary N) is 1. The van der Waals surface area contributed by atoms with E-state index in [-0.39, 0.29) is 36.0 Å². The van der Waals surface area contributed by atoms with E-state index in [4.69, 9.17) is 9.47 Å². The van der Waals surface area contributed by atoms with Crippen LogP contribution in [0.3, 0.4) is 0 Å². The van der Waals surface area contributed by atoms with Crippen molar-refractivity contribution in [3.05, 3.63) is 93.5 Å². The molecule has 10 nitrogen and oxygen atoms in total. The highest BCUT2D eigenvalue weighted by molar-refractivity contribution is 7.92. The van der Waals surface area contributed by atoms with Crippen molar-refractivity contribution in [2.45, 2.75) is 13.5 Å². The monoisotopic (exact) mass is 513 g/mol. The van der Waals surface area contributed by atoms with Crippen LogP contribution >= 0.6 is 0 Å². The Kier molecular flexibility index (Phi) is 8.49. The Hall–Kier alpha value is -4.12. The van der Waals surface area contributed by atoms with Gasteiger partial charge in [-0.25, -0.2) is 8.42 Å². The summed E-state index contributed by atoms with van der Waals surface area (Å²) in [6.07, 6.45) is 1.04. The molecule has 0 aliphatic rings. The van der Waals surface area contributed by atoms with E-state index >= 15 is 0 Å². The first kappa shape index (κ1) is 26.5. The minimum Gasteiger partial charge on any atom is -0.497 e. The fourth-order valence-corrected chi connectivity index (χ4v) is 4.43. The third kappa shape index (κ3) is 6.72. The van der Waals surface area contributed by atoms with E-state index in [1.54, 1.807) is 55.6 Å². The minimum atomic E-state index is -3.74. The molecule has 0 saturated carbocycles. The van der Waals surface area contributed by atoms with Crippen LogP contribution in [0.1, 0.15) is 21.5 Å². The number of benzene rings is 3. The lowest BCUT2D eigenvalue weighted by molar-refractivity contribution is -0.385. The number of hydrogen-bond acceptors (Lipinski definition) is 7. The Morgan fingerprint density at radius 1 is 1.03 bits per heavy atom. The van der Waals surface area contributed by atoms with E-state index in [9.17, 15) is 23.3 Å². The van der Waals surface area contributed by atoms with Crippen LogP contribution in [0.4, 0.5) is 11.4 Å². The summed E-state index contributed by atoms with van der Waals surface area (Å²) in [5, 5.41) is 14.1. The summed E-state index contributed by atoms with van der Waals surface area (Å²) in [5.41, 5.74) is 1.33. The fraction of sp³-hybridized carbons (Fsp3) is 0.240. The number of nitrogens with zero attached hydrogens (tertiary/aromatic N) is 2. The zero-order valence-corrected chi connectivity index (χ0v) is 20.9. The van der Waals surface area contributed by atoms with Crippen LogP contribution in [0.25, 0.3) is 0 Å². The van der Waals surface area contributed by atoms with Crippen LogP contribution in [-0.2, 0) is 16.6 Å². The zero-order chi connectivity index (χ0) is 26.3. The first-order valence-electron chi connectivity index (χ1n) is 11.0. The number of nitro groups is 1. The summed E-state index contributed by atoms with van der Waals surface area (Å²) >= 11 is 0. The van der Waals surface area contributed by atoms with E-state index in [2.05, 4.69) is 5.32 Å². The van der Waals surface area contributed by atoms with Gasteiger partial charge in [-0.1, -0.05) is 18.2 Å². The summed E-state index contributed by atoms with van der Waals surface area (Å²) in [5.74, 6) is 1.08. The van der Waals surface area contributed by atoms with Crippen molar-refractivity contribution in [1.29, 1.82) is 0 Å². The van der Waals surface area contributed by atoms with Crippen molar-refractivity contribution < 1.29 is 27.6 Å². The summed E-state index contributed by atoms with van der Waals surface area (Å²) in [6.45, 7) is 2.04. The van der Waals surface area contributed by atoms with Gasteiger partial charge in [-0.05, 0) is 55.0 Å². The van der Waals surface area contributed by atoms with Gasteiger partial charge in [0.25, 0.3) is 11.6 Å². The fourth-order valence-electron chi connectivity index (χ4n) is 3.50. The molecule has 0 aliphatic heterocycles. The molecule has 0 fully saturated rings. The first-order chi connectivity index (χ1) is 17.1. The van der Waals surface area contributed by atoms with Crippen molar-refractivity contribution in [1.82, 2.24) is 5.32 Å². The second-order valence-corrected chi connectivity index (χ2v) is 9.83. The molecule has 0 spiro atoms. The molecule has 0 atom stereocenters. The maximum absolute atomic E-state index is 12.5. The maximum atomic E-state index is 12.5. The largest absolute Gasteiger partial charge is 0.497 e. The highest BCUT2D eigenvalue weighted by Gasteiger charge is 2.24. The molecule has 0 aliphatic carbocycles. The Bertz CT molecular complexity index is 1320. The van der Waals surface area contributed by atoms with Crippen LogP contribution in [0.15, 0.2) is 66.7 Å². The van der Waals surface area contributed by atoms with Crippen LogP contribution in [0.2, 0.25) is 0 Å². The molecule has 0 aromatic heterocycles. The van der Waals surface area contributed by atoms with Crippen molar-refractivity contribution in [3.63, 3.8) is 0 Å². The molecule has 3 aromatic rings. The number of carbonyl (C=O) groups is 1. The number of methoxy groups -OCH3 is 1. The Morgan fingerprint density at radius 2 is 1.67 bits per heavy atom. The number of amides is 1. The molecule has 0 saturated heterocycles. The zero-order valence-electron chi connectivity index (χ0n) is 20.1. The van der Waals surface area contributed by atoms with Gasteiger partial charge >= 0.3 is 0 Å². The number of sulfonamides is 1. The van der Waals surface area contributed by atoms with Gasteiger partial charge in [-0.15, -0.1) is 0 Å². The van der Waals surface area contributed by atoms with Crippen LogP contribution < -0.4 is 19.1 Å². The van der Waals surface area contributed by atoms with Crippen LogP contribution in [0, 0.1) is 17.0 Å². The van der Waals surface area contributed by atoms with Gasteiger partial charge in [0.05, 0.1) is 42.6 Å². The van der Waals surface area contributed by atoms with Crippen LogP contribution in [0.5, 0.6) is 11.5 Å². The van der Waals surface area contributed by atoms with Crippen molar-refractivity contribution in [2.75, 3.05) is 30.8 Å². The Morgan fingerprint density at radius 3 is 2.25 bits per heavy atom. The molecule has 0 bridgehead atoms. The molecule has 3 aromatic carbocycles. The molecular weight excluding hydrogens is 486 g/mol. The number of nitro benzene ring substituents is 1. The topological polar surface area (TPSA) is 128 Å². The summed E-state index contributed by atoms with van der Waals surface area (Å²) in [4.78, 5) is 23.2. The maximum Gasteiger partial charge on any atom is 0.274 e. The third-order valence-corrected chi connectivity index (χ3v) is 6.53. The van der Waals surface area contributed by atoms with Crippen molar-refractivity contribution in [2.24, 2.45) is 0 Å². The lowest BCUT2D eigenvalue weighted by atomic mass is 10.1. The second-order valence-electron chi connectivity index (χ2n) is 7.92. The van der Waals surface area contributed by atoms with Gasteiger partial charge in [0, 0.05) is 11.6 Å². The molecule has 0 radical (unpaired) electrons. The van der Waals surface area contributed by atoms with Gasteiger partial charge in [-0.3, -0.25) is 19.2 Å². The quantitative estimate of drug-likeness (QED) is 0.235. The van der Waals surface area contributed by atoms with Crippen LogP contribution in [-0.4, -0.2) is 45.8 Å². The average molecular weight is 514 g/mol. The van der Waals surface area contributed by atoms with Gasteiger partial charge in [0.2, 0.25) is 10.0 Å². The van der Waals surface area contributed by atoms with E-state index in [1.807, 2.05) is 0 Å². The third-order valence-electron chi connectivity index (χ3n) is 5.40. The molecule has 11 heteroatoms. The van der Waals surface area contributed by atoms with Gasteiger partial charge in [0.1, 0.15) is 18.1 Å². The highest BCUT2D eigenvalue weighted by atomic mass is 32.2. The first-order valence-corrected chi connectivity index (χ1v) is 12.8. The number of rotatable bonds is 11. The number of ether oxygens (including phenoxy) is 2. The highest BCUT2D eigenvalue weighted by Crippen LogP contribution is 2.31. The minimum absolute atomic E-state index is 0.0432. The Labute approximate surface area is 209 Å². The molecule has 190 valence electrons. The number of hydrogen-bond donors (Lipinski definition) is 1. The Balaban J connectivity index is 1.62. The molecule has 1 amide bonds. The lowest BCUT2D eigenvalue weighted by Crippen LogP contribution is -2.30. The van der Waals surface area contributed by atoms with E-state index in [1.165, 1.54) is 25.1 Å². The van der Waals surface area contributed by atoms with E-state index in [0.717, 1.165) is 16.3 Å². The van der Waals surface area contributed by atoms with Gasteiger partial charge in [-0.2, -0.15) is 0 Å². The lowest BCUT2D eigenvalue weighted by Gasteiger charge is -2.24. The molecule has 1 N–H and O–H groups in total. The smallest absolute Gasteiger partial charge is 0.274 e. The average Bonchev–Trinajstić information content (AvgIpc) is 2.85. The molecule has 3 rings (SSSR count). The SMILES string of the molecule is COc1ccc(OCCNC(=O)c2ccc(CN(c3cccc([N+](=O)[O-])c3C)S(C)(=O)=O)cc2)cc1. The molecule has 0 heterocycles. The second kappa shape index (κ2) is 11.5. The normalized spacial score (nSPS) is 11.0. The standard InChI is InChI=1S/C25H27N3O7S/c1-18-23(5-4-6-24(18)28(30)31)27(36(3,32)33)17-19-7-9-20(10-8-19)25(29)26-15-16-35-22-13-11-21(34-2)12-14-22/h4-14H,15-17H2,1-3H3,(H,26,29). The van der Waals surface area contributed by atoms with Crippen molar-refractivity contribution >= 4 is 27.3 Å². The summed E-state index contributed by atoms with van der Waals surface area (Å²) in [7, 11) is -2.16. The van der Waals surface area contributed by atoms with Gasteiger partial charge in [0.15, 0.2) is 0 Å². The molecule has 36 heavy (non-hydrogen) atoms. The number of anilines is 1. The molecular formula is C25H27N3O7S. The predicted molar refractivity (Wildman–Crippen MR) is 136 cm³/mol. The van der Waals surface area contributed by atoms with Crippen molar-refractivity contribution in [3.8, 4) is 11.5 Å². The predicted octanol–water partition coefficient (Wildman–Crippen LogP) is 3.69. The van der Waals surface area contributed by atoms with E-state index in [0.29, 0.717) is 23.4 Å². The molecule has 0 unspecified atom stereocenters. The van der Waals surface area contributed by atoms with E-state index < -0.39 is 14.9 Å². The number of carbonyl (C=O) groups excluding carboxylic acids is 1. The summed E-state index contributed by atoms with van der Waals surface area (Å²) < 4.78 is 36.8.